The number of rotatable bonds is 4. The SMILES string of the molecule is COc1ccc(Nc2nc(-c3ccc(Cl)cc3)c(C#N)c(=O)[nH]2)cc1. The standard InChI is InChI=1S/C18H13ClN4O2/c1-25-14-8-6-13(7-9-14)21-18-22-16(15(10-20)17(24)23-18)11-2-4-12(19)5-3-11/h2-9H,1H3,(H2,21,22,23,24). The van der Waals surface area contributed by atoms with E-state index in [9.17, 15) is 10.1 Å². The number of anilines is 2. The summed E-state index contributed by atoms with van der Waals surface area (Å²) in [5.41, 5.74) is 1.07. The van der Waals surface area contributed by atoms with Gasteiger partial charge in [-0.25, -0.2) is 4.98 Å². The summed E-state index contributed by atoms with van der Waals surface area (Å²) in [5.74, 6) is 0.952. The number of hydrogen-bond acceptors (Lipinski definition) is 5. The topological polar surface area (TPSA) is 90.8 Å². The lowest BCUT2D eigenvalue weighted by atomic mass is 10.1. The molecule has 0 aliphatic carbocycles. The smallest absolute Gasteiger partial charge is 0.270 e. The molecule has 3 aromatic rings. The first-order valence-electron chi connectivity index (χ1n) is 7.32. The fourth-order valence-electron chi connectivity index (χ4n) is 2.26. The molecule has 2 aromatic carbocycles. The molecule has 0 saturated carbocycles. The van der Waals surface area contributed by atoms with Crippen LogP contribution in [0.2, 0.25) is 5.02 Å². The third kappa shape index (κ3) is 3.62. The van der Waals surface area contributed by atoms with E-state index in [-0.39, 0.29) is 11.5 Å². The first kappa shape index (κ1) is 16.6. The van der Waals surface area contributed by atoms with Crippen LogP contribution < -0.4 is 15.6 Å². The van der Waals surface area contributed by atoms with Gasteiger partial charge in [0.1, 0.15) is 17.4 Å². The van der Waals surface area contributed by atoms with E-state index >= 15 is 0 Å². The molecule has 6 nitrogen and oxygen atoms in total. The minimum atomic E-state index is -0.515. The van der Waals surface area contributed by atoms with E-state index in [1.54, 1.807) is 55.6 Å². The minimum Gasteiger partial charge on any atom is -0.497 e. The highest BCUT2D eigenvalue weighted by Crippen LogP contribution is 2.23. The van der Waals surface area contributed by atoms with Crippen molar-refractivity contribution in [3.8, 4) is 23.1 Å². The van der Waals surface area contributed by atoms with Crippen molar-refractivity contribution < 1.29 is 4.74 Å². The van der Waals surface area contributed by atoms with Crippen LogP contribution in [0.15, 0.2) is 53.3 Å². The zero-order valence-corrected chi connectivity index (χ0v) is 14.0. The zero-order valence-electron chi connectivity index (χ0n) is 13.2. The van der Waals surface area contributed by atoms with Crippen molar-refractivity contribution in [3.05, 3.63) is 69.5 Å². The van der Waals surface area contributed by atoms with Crippen LogP contribution in [0.5, 0.6) is 5.75 Å². The molecule has 0 spiro atoms. The molecule has 7 heteroatoms. The first-order valence-corrected chi connectivity index (χ1v) is 7.70. The highest BCUT2D eigenvalue weighted by molar-refractivity contribution is 6.30. The van der Waals surface area contributed by atoms with Crippen LogP contribution in [0, 0.1) is 11.3 Å². The van der Waals surface area contributed by atoms with E-state index in [1.165, 1.54) is 0 Å². The van der Waals surface area contributed by atoms with Crippen molar-refractivity contribution >= 4 is 23.2 Å². The molecule has 0 aliphatic rings. The average Bonchev–Trinajstić information content (AvgIpc) is 2.62. The fourth-order valence-corrected chi connectivity index (χ4v) is 2.39. The van der Waals surface area contributed by atoms with Crippen molar-refractivity contribution in [3.63, 3.8) is 0 Å². The van der Waals surface area contributed by atoms with Crippen LogP contribution in [0.1, 0.15) is 5.56 Å². The number of nitrogens with one attached hydrogen (secondary N) is 2. The molecule has 0 unspecified atom stereocenters. The number of methoxy groups -OCH3 is 1. The molecule has 124 valence electrons. The number of ether oxygens (including phenoxy) is 1. The normalized spacial score (nSPS) is 10.1. The number of aromatic amines is 1. The molecule has 0 fully saturated rings. The van der Waals surface area contributed by atoms with Gasteiger partial charge in [0.25, 0.3) is 5.56 Å². The van der Waals surface area contributed by atoms with Crippen molar-refractivity contribution in [2.45, 2.75) is 0 Å². The summed E-state index contributed by atoms with van der Waals surface area (Å²) in [6.45, 7) is 0. The Bertz CT molecular complexity index is 990. The van der Waals surface area contributed by atoms with Gasteiger partial charge < -0.3 is 10.1 Å². The Morgan fingerprint density at radius 3 is 2.44 bits per heavy atom. The Balaban J connectivity index is 2.02. The minimum absolute atomic E-state index is 0.0531. The van der Waals surface area contributed by atoms with E-state index in [1.807, 2.05) is 6.07 Å². The second-order valence-corrected chi connectivity index (χ2v) is 5.55. The summed E-state index contributed by atoms with van der Waals surface area (Å²) in [6, 6.07) is 15.8. The average molecular weight is 353 g/mol. The van der Waals surface area contributed by atoms with E-state index < -0.39 is 5.56 Å². The maximum atomic E-state index is 12.2. The van der Waals surface area contributed by atoms with Gasteiger partial charge in [0, 0.05) is 16.3 Å². The molecule has 0 bridgehead atoms. The van der Waals surface area contributed by atoms with Crippen LogP contribution >= 0.6 is 11.6 Å². The second-order valence-electron chi connectivity index (χ2n) is 5.11. The molecular formula is C18H13ClN4O2. The Morgan fingerprint density at radius 1 is 1.16 bits per heavy atom. The predicted molar refractivity (Wildman–Crippen MR) is 96.3 cm³/mol. The van der Waals surface area contributed by atoms with Gasteiger partial charge in [0.05, 0.1) is 12.8 Å². The van der Waals surface area contributed by atoms with Crippen LogP contribution in [0.25, 0.3) is 11.3 Å². The van der Waals surface area contributed by atoms with Gasteiger partial charge >= 0.3 is 0 Å². The van der Waals surface area contributed by atoms with Gasteiger partial charge in [0.15, 0.2) is 0 Å². The maximum absolute atomic E-state index is 12.2. The molecule has 25 heavy (non-hydrogen) atoms. The first-order chi connectivity index (χ1) is 12.1. The number of nitriles is 1. The summed E-state index contributed by atoms with van der Waals surface area (Å²) in [7, 11) is 1.58. The zero-order chi connectivity index (χ0) is 17.8. The molecule has 2 N–H and O–H groups in total. The van der Waals surface area contributed by atoms with Crippen LogP contribution in [0.3, 0.4) is 0 Å². The van der Waals surface area contributed by atoms with Gasteiger partial charge in [-0.2, -0.15) is 5.26 Å². The lowest BCUT2D eigenvalue weighted by Gasteiger charge is -2.09. The van der Waals surface area contributed by atoms with Gasteiger partial charge in [-0.3, -0.25) is 9.78 Å². The molecule has 0 radical (unpaired) electrons. The maximum Gasteiger partial charge on any atom is 0.270 e. The predicted octanol–water partition coefficient (Wildman–Crippen LogP) is 3.71. The lowest BCUT2D eigenvalue weighted by molar-refractivity contribution is 0.415. The third-order valence-corrected chi connectivity index (χ3v) is 3.75. The number of nitrogens with zero attached hydrogens (tertiary/aromatic N) is 2. The highest BCUT2D eigenvalue weighted by Gasteiger charge is 2.13. The number of aromatic nitrogens is 2. The fraction of sp³-hybridized carbons (Fsp3) is 0.0556. The molecule has 0 amide bonds. The summed E-state index contributed by atoms with van der Waals surface area (Å²) < 4.78 is 5.11. The van der Waals surface area contributed by atoms with Gasteiger partial charge in [0.2, 0.25) is 5.95 Å². The van der Waals surface area contributed by atoms with E-state index in [4.69, 9.17) is 16.3 Å². The highest BCUT2D eigenvalue weighted by atomic mass is 35.5. The summed E-state index contributed by atoms with van der Waals surface area (Å²) >= 11 is 5.89. The Morgan fingerprint density at radius 2 is 1.84 bits per heavy atom. The largest absolute Gasteiger partial charge is 0.497 e. The van der Waals surface area contributed by atoms with Crippen molar-refractivity contribution in [2.75, 3.05) is 12.4 Å². The summed E-state index contributed by atoms with van der Waals surface area (Å²) in [4.78, 5) is 19.2. The molecule has 0 aliphatic heterocycles. The molecular weight excluding hydrogens is 340 g/mol. The monoisotopic (exact) mass is 352 g/mol. The second kappa shape index (κ2) is 7.07. The Kier molecular flexibility index (Phi) is 4.68. The van der Waals surface area contributed by atoms with Crippen molar-refractivity contribution in [1.82, 2.24) is 9.97 Å². The Hall–Kier alpha value is -3.30. The summed E-state index contributed by atoms with van der Waals surface area (Å²) in [5, 5.41) is 12.9. The van der Waals surface area contributed by atoms with E-state index in [0.717, 1.165) is 5.69 Å². The molecule has 0 atom stereocenters. The molecule has 1 heterocycles. The lowest BCUT2D eigenvalue weighted by Crippen LogP contribution is -2.16. The number of H-pyrrole nitrogens is 1. The summed E-state index contributed by atoms with van der Waals surface area (Å²) in [6.07, 6.45) is 0. The van der Waals surface area contributed by atoms with Crippen molar-refractivity contribution in [1.29, 1.82) is 5.26 Å². The molecule has 1 aromatic heterocycles. The molecule has 3 rings (SSSR count). The van der Waals surface area contributed by atoms with E-state index in [2.05, 4.69) is 15.3 Å². The Labute approximate surface area is 148 Å². The van der Waals surface area contributed by atoms with Gasteiger partial charge in [-0.05, 0) is 36.4 Å². The number of halogens is 1. The van der Waals surface area contributed by atoms with Crippen LogP contribution in [-0.2, 0) is 0 Å². The number of hydrogen-bond donors (Lipinski definition) is 2. The van der Waals surface area contributed by atoms with Gasteiger partial charge in [-0.15, -0.1) is 0 Å². The van der Waals surface area contributed by atoms with E-state index in [0.29, 0.717) is 22.0 Å². The van der Waals surface area contributed by atoms with Crippen LogP contribution in [-0.4, -0.2) is 17.1 Å². The van der Waals surface area contributed by atoms with Crippen molar-refractivity contribution in [2.24, 2.45) is 0 Å². The van der Waals surface area contributed by atoms with Gasteiger partial charge in [-0.1, -0.05) is 23.7 Å². The quantitative estimate of drug-likeness (QED) is 0.746. The number of benzene rings is 2. The van der Waals surface area contributed by atoms with Crippen LogP contribution in [0.4, 0.5) is 11.6 Å². The third-order valence-electron chi connectivity index (χ3n) is 3.50. The molecule has 0 saturated heterocycles.